The van der Waals surface area contributed by atoms with E-state index >= 15 is 0 Å². The minimum Gasteiger partial charge on any atom is -0.445 e. The highest BCUT2D eigenvalue weighted by Crippen LogP contribution is 2.25. The lowest BCUT2D eigenvalue weighted by molar-refractivity contribution is 0.139. The summed E-state index contributed by atoms with van der Waals surface area (Å²) in [7, 11) is 0. The van der Waals surface area contributed by atoms with Crippen molar-refractivity contribution in [1.29, 1.82) is 0 Å². The van der Waals surface area contributed by atoms with Gasteiger partial charge in [0, 0.05) is 6.54 Å². The monoisotopic (exact) mass is 324 g/mol. The number of rotatable bonds is 5. The summed E-state index contributed by atoms with van der Waals surface area (Å²) in [5.41, 5.74) is 3.45. The Morgan fingerprint density at radius 3 is 2.58 bits per heavy atom. The van der Waals surface area contributed by atoms with Crippen molar-refractivity contribution in [1.82, 2.24) is 10.6 Å². The third kappa shape index (κ3) is 4.83. The molecule has 0 aromatic heterocycles. The summed E-state index contributed by atoms with van der Waals surface area (Å²) < 4.78 is 5.33. The van der Waals surface area contributed by atoms with Gasteiger partial charge in [-0.2, -0.15) is 0 Å². The topological polar surface area (TPSA) is 50.4 Å². The number of nitrogens with one attached hydrogen (secondary N) is 2. The Hall–Kier alpha value is -2.33. The molecule has 0 spiro atoms. The van der Waals surface area contributed by atoms with Crippen molar-refractivity contribution in [3.05, 3.63) is 71.3 Å². The molecular formula is C20H24N2O2. The molecule has 2 N–H and O–H groups in total. The van der Waals surface area contributed by atoms with Crippen LogP contribution in [-0.2, 0) is 17.9 Å². The van der Waals surface area contributed by atoms with E-state index in [9.17, 15) is 4.79 Å². The maximum atomic E-state index is 11.8. The van der Waals surface area contributed by atoms with Gasteiger partial charge in [-0.25, -0.2) is 4.79 Å². The molecule has 1 heterocycles. The van der Waals surface area contributed by atoms with Crippen molar-refractivity contribution < 1.29 is 9.53 Å². The largest absolute Gasteiger partial charge is 0.445 e. The molecule has 0 radical (unpaired) electrons. The molecule has 1 aliphatic rings. The highest BCUT2D eigenvalue weighted by molar-refractivity contribution is 5.67. The fourth-order valence-electron chi connectivity index (χ4n) is 3.06. The van der Waals surface area contributed by atoms with Crippen molar-refractivity contribution >= 4 is 6.09 Å². The third-order valence-corrected chi connectivity index (χ3v) is 4.41. The molecule has 3 rings (SSSR count). The number of ether oxygens (including phenoxy) is 1. The quantitative estimate of drug-likeness (QED) is 0.884. The zero-order valence-electron chi connectivity index (χ0n) is 13.8. The fourth-order valence-corrected chi connectivity index (χ4v) is 3.06. The second-order valence-corrected chi connectivity index (χ2v) is 6.18. The molecule has 4 nitrogen and oxygen atoms in total. The fraction of sp³-hybridized carbons (Fsp3) is 0.350. The number of amides is 1. The second kappa shape index (κ2) is 8.50. The Balaban J connectivity index is 1.48. The van der Waals surface area contributed by atoms with E-state index in [2.05, 4.69) is 28.8 Å². The molecule has 24 heavy (non-hydrogen) atoms. The maximum Gasteiger partial charge on any atom is 0.407 e. The van der Waals surface area contributed by atoms with Gasteiger partial charge in [-0.3, -0.25) is 0 Å². The zero-order valence-corrected chi connectivity index (χ0v) is 13.8. The number of benzene rings is 2. The average Bonchev–Trinajstić information content (AvgIpc) is 2.66. The van der Waals surface area contributed by atoms with E-state index in [1.807, 2.05) is 36.4 Å². The Morgan fingerprint density at radius 1 is 1.04 bits per heavy atom. The van der Waals surface area contributed by atoms with Crippen LogP contribution in [0.25, 0.3) is 0 Å². The van der Waals surface area contributed by atoms with Gasteiger partial charge < -0.3 is 15.4 Å². The van der Waals surface area contributed by atoms with Crippen LogP contribution in [0.15, 0.2) is 54.6 Å². The van der Waals surface area contributed by atoms with Gasteiger partial charge in [0.05, 0.1) is 0 Å². The molecule has 0 atom stereocenters. The lowest BCUT2D eigenvalue weighted by Gasteiger charge is -2.23. The molecule has 1 amide bonds. The predicted molar refractivity (Wildman–Crippen MR) is 94.8 cm³/mol. The van der Waals surface area contributed by atoms with Gasteiger partial charge in [0.15, 0.2) is 0 Å². The van der Waals surface area contributed by atoms with Crippen molar-refractivity contribution in [2.24, 2.45) is 0 Å². The Labute approximate surface area is 143 Å². The molecule has 2 aromatic rings. The van der Waals surface area contributed by atoms with Gasteiger partial charge in [0.25, 0.3) is 0 Å². The second-order valence-electron chi connectivity index (χ2n) is 6.18. The highest BCUT2D eigenvalue weighted by Gasteiger charge is 2.15. The van der Waals surface area contributed by atoms with Crippen LogP contribution < -0.4 is 10.6 Å². The summed E-state index contributed by atoms with van der Waals surface area (Å²) in [5, 5.41) is 6.17. The Bertz CT molecular complexity index is 652. The summed E-state index contributed by atoms with van der Waals surface area (Å²) in [6.45, 7) is 2.94. The normalized spacial score (nSPS) is 15.0. The first-order chi connectivity index (χ1) is 11.8. The first kappa shape index (κ1) is 16.5. The lowest BCUT2D eigenvalue weighted by Crippen LogP contribution is -2.26. The minimum absolute atomic E-state index is 0.305. The van der Waals surface area contributed by atoms with E-state index in [0.29, 0.717) is 19.1 Å². The van der Waals surface area contributed by atoms with Crippen LogP contribution >= 0.6 is 0 Å². The van der Waals surface area contributed by atoms with E-state index < -0.39 is 0 Å². The van der Waals surface area contributed by atoms with Crippen molar-refractivity contribution in [2.45, 2.75) is 31.9 Å². The molecule has 0 saturated carbocycles. The van der Waals surface area contributed by atoms with Crippen LogP contribution in [0.1, 0.15) is 35.4 Å². The van der Waals surface area contributed by atoms with E-state index in [4.69, 9.17) is 4.74 Å². The molecule has 0 unspecified atom stereocenters. The number of hydrogen-bond acceptors (Lipinski definition) is 3. The molecule has 1 fully saturated rings. The smallest absolute Gasteiger partial charge is 0.407 e. The van der Waals surface area contributed by atoms with E-state index in [1.165, 1.54) is 18.4 Å². The van der Waals surface area contributed by atoms with Crippen molar-refractivity contribution in [2.75, 3.05) is 13.1 Å². The van der Waals surface area contributed by atoms with Gasteiger partial charge in [-0.1, -0.05) is 54.6 Å². The summed E-state index contributed by atoms with van der Waals surface area (Å²) in [5.74, 6) is 0.609. The van der Waals surface area contributed by atoms with Crippen molar-refractivity contribution in [3.8, 4) is 0 Å². The van der Waals surface area contributed by atoms with Crippen LogP contribution in [-0.4, -0.2) is 19.2 Å². The van der Waals surface area contributed by atoms with Crippen LogP contribution in [0.2, 0.25) is 0 Å². The number of alkyl carbamates (subject to hydrolysis) is 1. The van der Waals surface area contributed by atoms with Gasteiger partial charge in [0.2, 0.25) is 0 Å². The standard InChI is InChI=1S/C20H24N2O2/c23-20(22-14-16-5-2-1-3-6-16)24-15-17-7-4-8-19(13-17)18-9-11-21-12-10-18/h1-8,13,18,21H,9-12,14-15H2,(H,22,23). The molecule has 2 aromatic carbocycles. The zero-order chi connectivity index (χ0) is 16.6. The third-order valence-electron chi connectivity index (χ3n) is 4.41. The molecule has 1 aliphatic heterocycles. The first-order valence-corrected chi connectivity index (χ1v) is 8.55. The van der Waals surface area contributed by atoms with Gasteiger partial charge >= 0.3 is 6.09 Å². The van der Waals surface area contributed by atoms with Gasteiger partial charge in [-0.05, 0) is 48.5 Å². The molecule has 4 heteroatoms. The van der Waals surface area contributed by atoms with Crippen LogP contribution in [0.3, 0.4) is 0 Å². The number of piperidine rings is 1. The Kier molecular flexibility index (Phi) is 5.85. The molecule has 126 valence electrons. The van der Waals surface area contributed by atoms with Crippen molar-refractivity contribution in [3.63, 3.8) is 0 Å². The molecule has 0 aliphatic carbocycles. The number of carbonyl (C=O) groups excluding carboxylic acids is 1. The summed E-state index contributed by atoms with van der Waals surface area (Å²) in [6, 6.07) is 18.2. The first-order valence-electron chi connectivity index (χ1n) is 8.55. The van der Waals surface area contributed by atoms with E-state index in [0.717, 1.165) is 24.2 Å². The lowest BCUT2D eigenvalue weighted by atomic mass is 9.89. The van der Waals surface area contributed by atoms with Crippen LogP contribution in [0.4, 0.5) is 4.79 Å². The van der Waals surface area contributed by atoms with E-state index in [-0.39, 0.29) is 6.09 Å². The van der Waals surface area contributed by atoms with E-state index in [1.54, 1.807) is 0 Å². The highest BCUT2D eigenvalue weighted by atomic mass is 16.5. The summed E-state index contributed by atoms with van der Waals surface area (Å²) >= 11 is 0. The predicted octanol–water partition coefficient (Wildman–Crippen LogP) is 3.58. The molecule has 1 saturated heterocycles. The van der Waals surface area contributed by atoms with Crippen LogP contribution in [0, 0.1) is 0 Å². The van der Waals surface area contributed by atoms with Gasteiger partial charge in [-0.15, -0.1) is 0 Å². The summed E-state index contributed by atoms with van der Waals surface area (Å²) in [4.78, 5) is 11.8. The van der Waals surface area contributed by atoms with Crippen LogP contribution in [0.5, 0.6) is 0 Å². The Morgan fingerprint density at radius 2 is 1.79 bits per heavy atom. The van der Waals surface area contributed by atoms with Gasteiger partial charge in [0.1, 0.15) is 6.61 Å². The SMILES string of the molecule is O=C(NCc1ccccc1)OCc1cccc(C2CCNCC2)c1. The average molecular weight is 324 g/mol. The molecule has 0 bridgehead atoms. The molecular weight excluding hydrogens is 300 g/mol. The summed E-state index contributed by atoms with van der Waals surface area (Å²) in [6.07, 6.45) is 1.95. The minimum atomic E-state index is -0.383. The number of hydrogen-bond donors (Lipinski definition) is 2. The number of carbonyl (C=O) groups is 1. The maximum absolute atomic E-state index is 11.8.